The first-order valence-electron chi connectivity index (χ1n) is 5.87. The molecule has 1 amide bonds. The molecule has 0 heterocycles. The van der Waals surface area contributed by atoms with Crippen LogP contribution in [-0.4, -0.2) is 12.5 Å². The highest BCUT2D eigenvalue weighted by atomic mass is 79.9. The highest BCUT2D eigenvalue weighted by Gasteiger charge is 2.17. The van der Waals surface area contributed by atoms with E-state index in [-0.39, 0.29) is 20.9 Å². The van der Waals surface area contributed by atoms with E-state index in [4.69, 9.17) is 23.2 Å². The average Bonchev–Trinajstić information content (AvgIpc) is 2.43. The minimum Gasteiger partial charge on any atom is -0.431 e. The summed E-state index contributed by atoms with van der Waals surface area (Å²) < 4.78 is 29.6. The molecule has 8 heteroatoms. The van der Waals surface area contributed by atoms with Crippen LogP contribution in [0, 0.1) is 0 Å². The predicted molar refractivity (Wildman–Crippen MR) is 85.2 cm³/mol. The van der Waals surface area contributed by atoms with Gasteiger partial charge in [-0.25, -0.2) is 0 Å². The Kier molecular flexibility index (Phi) is 5.61. The molecule has 22 heavy (non-hydrogen) atoms. The van der Waals surface area contributed by atoms with Crippen molar-refractivity contribution >= 4 is 50.7 Å². The Morgan fingerprint density at radius 3 is 2.36 bits per heavy atom. The van der Waals surface area contributed by atoms with Crippen LogP contribution in [0.3, 0.4) is 0 Å². The number of hydrogen-bond donors (Lipinski definition) is 1. The lowest BCUT2D eigenvalue weighted by molar-refractivity contribution is -0.0498. The number of halogens is 5. The first kappa shape index (κ1) is 17.0. The van der Waals surface area contributed by atoms with Crippen molar-refractivity contribution in [2.24, 2.45) is 0 Å². The molecule has 2 rings (SSSR count). The van der Waals surface area contributed by atoms with Gasteiger partial charge in [0.25, 0.3) is 5.91 Å². The number of hydrogen-bond acceptors (Lipinski definition) is 2. The number of carbonyl (C=O) groups excluding carboxylic acids is 1. The van der Waals surface area contributed by atoms with Crippen LogP contribution < -0.4 is 10.1 Å². The third-order valence-electron chi connectivity index (χ3n) is 2.57. The molecular weight excluding hydrogens is 403 g/mol. The van der Waals surface area contributed by atoms with Gasteiger partial charge in [0.2, 0.25) is 0 Å². The number of anilines is 1. The molecule has 0 radical (unpaired) electrons. The summed E-state index contributed by atoms with van der Waals surface area (Å²) in [6.45, 7) is -3.04. The zero-order chi connectivity index (χ0) is 16.3. The molecule has 3 nitrogen and oxygen atoms in total. The second-order valence-corrected chi connectivity index (χ2v) is 5.83. The Labute approximate surface area is 143 Å². The molecule has 0 bridgehead atoms. The summed E-state index contributed by atoms with van der Waals surface area (Å²) in [5.41, 5.74) is 0.336. The van der Waals surface area contributed by atoms with Crippen LogP contribution >= 0.6 is 39.1 Å². The lowest BCUT2D eigenvalue weighted by atomic mass is 10.2. The Balaban J connectivity index is 2.31. The van der Waals surface area contributed by atoms with Crippen molar-refractivity contribution in [1.29, 1.82) is 0 Å². The Bertz CT molecular complexity index is 696. The first-order chi connectivity index (χ1) is 10.4. The molecule has 0 unspecified atom stereocenters. The molecule has 0 fully saturated rings. The van der Waals surface area contributed by atoms with Gasteiger partial charge in [-0.15, -0.1) is 0 Å². The number of alkyl halides is 2. The topological polar surface area (TPSA) is 38.3 Å². The van der Waals surface area contributed by atoms with Gasteiger partial charge in [0, 0.05) is 15.6 Å². The molecule has 0 saturated heterocycles. The van der Waals surface area contributed by atoms with Gasteiger partial charge < -0.3 is 10.1 Å². The molecule has 0 atom stereocenters. The highest BCUT2D eigenvalue weighted by molar-refractivity contribution is 9.10. The van der Waals surface area contributed by atoms with Crippen LogP contribution in [0.2, 0.25) is 10.0 Å². The minimum absolute atomic E-state index is 0.0274. The van der Waals surface area contributed by atoms with Gasteiger partial charge in [-0.3, -0.25) is 4.79 Å². The number of carbonyl (C=O) groups is 1. The Morgan fingerprint density at radius 2 is 1.77 bits per heavy atom. The SMILES string of the molecule is O=C(Nc1cc(Cl)cc(Br)c1OC(F)F)c1ccc(Cl)cc1. The molecule has 0 aliphatic carbocycles. The number of rotatable bonds is 4. The van der Waals surface area contributed by atoms with E-state index in [1.54, 1.807) is 12.1 Å². The van der Waals surface area contributed by atoms with Crippen molar-refractivity contribution in [3.8, 4) is 5.75 Å². The van der Waals surface area contributed by atoms with Gasteiger partial charge >= 0.3 is 6.61 Å². The van der Waals surface area contributed by atoms with E-state index in [0.29, 0.717) is 10.6 Å². The summed E-state index contributed by atoms with van der Waals surface area (Å²) in [5, 5.41) is 3.20. The summed E-state index contributed by atoms with van der Waals surface area (Å²) in [4.78, 5) is 12.1. The van der Waals surface area contributed by atoms with E-state index in [0.717, 1.165) is 0 Å². The van der Waals surface area contributed by atoms with Gasteiger partial charge in [-0.1, -0.05) is 23.2 Å². The fourth-order valence-electron chi connectivity index (χ4n) is 1.66. The number of benzene rings is 2. The molecule has 0 aromatic heterocycles. The molecule has 116 valence electrons. The van der Waals surface area contributed by atoms with E-state index in [1.807, 2.05) is 0 Å². The molecule has 0 aliphatic heterocycles. The summed E-state index contributed by atoms with van der Waals surface area (Å²) in [7, 11) is 0. The van der Waals surface area contributed by atoms with Crippen molar-refractivity contribution in [3.05, 3.63) is 56.5 Å². The van der Waals surface area contributed by atoms with E-state index < -0.39 is 12.5 Å². The monoisotopic (exact) mass is 409 g/mol. The van der Waals surface area contributed by atoms with Crippen LogP contribution in [0.15, 0.2) is 40.9 Å². The number of nitrogens with one attached hydrogen (secondary N) is 1. The molecule has 2 aromatic rings. The van der Waals surface area contributed by atoms with Crippen molar-refractivity contribution in [1.82, 2.24) is 0 Å². The fraction of sp³-hybridized carbons (Fsp3) is 0.0714. The highest BCUT2D eigenvalue weighted by Crippen LogP contribution is 2.37. The van der Waals surface area contributed by atoms with Gasteiger partial charge in [0.1, 0.15) is 0 Å². The maximum absolute atomic E-state index is 12.5. The maximum Gasteiger partial charge on any atom is 0.387 e. The predicted octanol–water partition coefficient (Wildman–Crippen LogP) is 5.61. The van der Waals surface area contributed by atoms with E-state index in [9.17, 15) is 13.6 Å². The third-order valence-corrected chi connectivity index (χ3v) is 3.63. The lowest BCUT2D eigenvalue weighted by Crippen LogP contribution is -2.14. The Morgan fingerprint density at radius 1 is 1.14 bits per heavy atom. The summed E-state index contributed by atoms with van der Waals surface area (Å²) in [6, 6.07) is 8.80. The van der Waals surface area contributed by atoms with E-state index >= 15 is 0 Å². The zero-order valence-electron chi connectivity index (χ0n) is 10.7. The standard InChI is InChI=1S/C14H8BrCl2F2NO2/c15-10-5-9(17)6-11(12(10)22-14(18)19)20-13(21)7-1-3-8(16)4-2-7/h1-6,14H,(H,20,21). The van der Waals surface area contributed by atoms with Crippen LogP contribution in [0.1, 0.15) is 10.4 Å². The molecule has 2 aromatic carbocycles. The normalized spacial score (nSPS) is 10.6. The van der Waals surface area contributed by atoms with Crippen LogP contribution in [-0.2, 0) is 0 Å². The van der Waals surface area contributed by atoms with Crippen LogP contribution in [0.4, 0.5) is 14.5 Å². The largest absolute Gasteiger partial charge is 0.431 e. The van der Waals surface area contributed by atoms with Crippen LogP contribution in [0.5, 0.6) is 5.75 Å². The molecule has 0 aliphatic rings. The molecule has 1 N–H and O–H groups in total. The minimum atomic E-state index is -3.04. The Hall–Kier alpha value is -1.37. The summed E-state index contributed by atoms with van der Waals surface area (Å²) in [6.07, 6.45) is 0. The van der Waals surface area contributed by atoms with Crippen molar-refractivity contribution in [2.75, 3.05) is 5.32 Å². The fourth-order valence-corrected chi connectivity index (χ4v) is 2.69. The zero-order valence-corrected chi connectivity index (χ0v) is 13.8. The van der Waals surface area contributed by atoms with Crippen LogP contribution in [0.25, 0.3) is 0 Å². The van der Waals surface area contributed by atoms with Gasteiger partial charge in [0.15, 0.2) is 5.75 Å². The van der Waals surface area contributed by atoms with E-state index in [1.165, 1.54) is 24.3 Å². The van der Waals surface area contributed by atoms with E-state index in [2.05, 4.69) is 26.0 Å². The van der Waals surface area contributed by atoms with Crippen molar-refractivity contribution in [2.45, 2.75) is 6.61 Å². The summed E-state index contributed by atoms with van der Waals surface area (Å²) in [5.74, 6) is -0.716. The van der Waals surface area contributed by atoms with Crippen molar-refractivity contribution in [3.63, 3.8) is 0 Å². The third kappa shape index (κ3) is 4.32. The quantitative estimate of drug-likeness (QED) is 0.711. The second-order valence-electron chi connectivity index (χ2n) is 4.10. The van der Waals surface area contributed by atoms with Gasteiger partial charge in [-0.05, 0) is 52.3 Å². The van der Waals surface area contributed by atoms with Gasteiger partial charge in [-0.2, -0.15) is 8.78 Å². The first-order valence-corrected chi connectivity index (χ1v) is 7.42. The molecule has 0 saturated carbocycles. The molecular formula is C14H8BrCl2F2NO2. The average molecular weight is 411 g/mol. The van der Waals surface area contributed by atoms with Crippen molar-refractivity contribution < 1.29 is 18.3 Å². The smallest absolute Gasteiger partial charge is 0.387 e. The number of ether oxygens (including phenoxy) is 1. The number of amides is 1. The van der Waals surface area contributed by atoms with Gasteiger partial charge in [0.05, 0.1) is 10.2 Å². The second kappa shape index (κ2) is 7.26. The lowest BCUT2D eigenvalue weighted by Gasteiger charge is -2.14. The summed E-state index contributed by atoms with van der Waals surface area (Å²) >= 11 is 14.7. The maximum atomic E-state index is 12.5. The molecule has 0 spiro atoms.